The van der Waals surface area contributed by atoms with E-state index in [4.69, 9.17) is 16.6 Å². The molecule has 1 aromatic heterocycles. The van der Waals surface area contributed by atoms with Crippen molar-refractivity contribution < 1.29 is 0 Å². The average Bonchev–Trinajstić information content (AvgIpc) is 2.44. The van der Waals surface area contributed by atoms with E-state index >= 15 is 0 Å². The minimum Gasteiger partial charge on any atom is -0.354 e. The summed E-state index contributed by atoms with van der Waals surface area (Å²) in [4.78, 5) is 7.24. The summed E-state index contributed by atoms with van der Waals surface area (Å²) in [6.45, 7) is 11.9. The SMILES string of the molecule is CC(C)CNCc1nc(N2CCCC(C)C2C)ccc1Cl. The average molecular weight is 310 g/mol. The lowest BCUT2D eigenvalue weighted by molar-refractivity contribution is 0.361. The van der Waals surface area contributed by atoms with E-state index in [1.165, 1.54) is 12.8 Å². The number of hydrogen-bond acceptors (Lipinski definition) is 3. The predicted molar refractivity (Wildman–Crippen MR) is 91.0 cm³/mol. The van der Waals surface area contributed by atoms with Gasteiger partial charge in [-0.1, -0.05) is 32.4 Å². The monoisotopic (exact) mass is 309 g/mol. The highest BCUT2D eigenvalue weighted by atomic mass is 35.5. The summed E-state index contributed by atoms with van der Waals surface area (Å²) in [6, 6.07) is 4.59. The van der Waals surface area contributed by atoms with Crippen molar-refractivity contribution in [2.75, 3.05) is 18.0 Å². The number of piperidine rings is 1. The van der Waals surface area contributed by atoms with Crippen LogP contribution in [0.4, 0.5) is 5.82 Å². The molecule has 1 aliphatic rings. The molecule has 0 spiro atoms. The van der Waals surface area contributed by atoms with Crippen LogP contribution in [0.3, 0.4) is 0 Å². The van der Waals surface area contributed by atoms with Crippen molar-refractivity contribution in [3.63, 3.8) is 0 Å². The van der Waals surface area contributed by atoms with Gasteiger partial charge in [0.15, 0.2) is 0 Å². The molecule has 0 aromatic carbocycles. The standard InChI is InChI=1S/C17H28ClN3/c1-12(2)10-19-11-16-15(18)7-8-17(20-16)21-9-5-6-13(3)14(21)4/h7-8,12-14,19H,5-6,9-11H2,1-4H3. The molecule has 1 fully saturated rings. The summed E-state index contributed by atoms with van der Waals surface area (Å²) < 4.78 is 0. The van der Waals surface area contributed by atoms with Crippen molar-refractivity contribution in [1.82, 2.24) is 10.3 Å². The molecule has 2 atom stereocenters. The second-order valence-electron chi connectivity index (χ2n) is 6.68. The van der Waals surface area contributed by atoms with Crippen LogP contribution < -0.4 is 10.2 Å². The van der Waals surface area contributed by atoms with Crippen molar-refractivity contribution in [1.29, 1.82) is 0 Å². The fourth-order valence-corrected chi connectivity index (χ4v) is 3.07. The van der Waals surface area contributed by atoms with Gasteiger partial charge >= 0.3 is 0 Å². The Kier molecular flexibility index (Phi) is 5.88. The van der Waals surface area contributed by atoms with E-state index < -0.39 is 0 Å². The van der Waals surface area contributed by atoms with Crippen molar-refractivity contribution >= 4 is 17.4 Å². The van der Waals surface area contributed by atoms with Crippen molar-refractivity contribution in [2.24, 2.45) is 11.8 Å². The fraction of sp³-hybridized carbons (Fsp3) is 0.706. The third-order valence-corrected chi connectivity index (χ3v) is 4.76. The third kappa shape index (κ3) is 4.33. The molecule has 118 valence electrons. The van der Waals surface area contributed by atoms with Gasteiger partial charge in [-0.15, -0.1) is 0 Å². The van der Waals surface area contributed by atoms with Crippen LogP contribution in [0, 0.1) is 11.8 Å². The lowest BCUT2D eigenvalue weighted by atomic mass is 9.92. The lowest BCUT2D eigenvalue weighted by Crippen LogP contribution is -2.43. The molecule has 0 amide bonds. The Balaban J connectivity index is 2.10. The van der Waals surface area contributed by atoms with E-state index in [2.05, 4.69) is 44.0 Å². The smallest absolute Gasteiger partial charge is 0.129 e. The molecule has 0 radical (unpaired) electrons. The molecular formula is C17H28ClN3. The molecule has 1 aliphatic heterocycles. The van der Waals surface area contributed by atoms with Crippen LogP contribution in [-0.4, -0.2) is 24.1 Å². The quantitative estimate of drug-likeness (QED) is 0.887. The zero-order chi connectivity index (χ0) is 15.4. The number of anilines is 1. The summed E-state index contributed by atoms with van der Waals surface area (Å²) in [5.74, 6) is 2.42. The number of hydrogen-bond donors (Lipinski definition) is 1. The number of nitrogens with one attached hydrogen (secondary N) is 1. The van der Waals surface area contributed by atoms with Crippen LogP contribution >= 0.6 is 11.6 Å². The first kappa shape index (κ1) is 16.6. The maximum Gasteiger partial charge on any atom is 0.129 e. The van der Waals surface area contributed by atoms with Crippen LogP contribution in [0.2, 0.25) is 5.02 Å². The van der Waals surface area contributed by atoms with Gasteiger partial charge in [-0.3, -0.25) is 0 Å². The predicted octanol–water partition coefficient (Wildman–Crippen LogP) is 4.11. The highest BCUT2D eigenvalue weighted by molar-refractivity contribution is 6.31. The molecule has 4 heteroatoms. The second kappa shape index (κ2) is 7.46. The molecule has 2 heterocycles. The number of nitrogens with zero attached hydrogens (tertiary/aromatic N) is 2. The maximum atomic E-state index is 6.29. The van der Waals surface area contributed by atoms with E-state index in [0.717, 1.165) is 42.1 Å². The third-order valence-electron chi connectivity index (χ3n) is 4.42. The van der Waals surface area contributed by atoms with Gasteiger partial charge in [0, 0.05) is 19.1 Å². The Morgan fingerprint density at radius 2 is 2.14 bits per heavy atom. The maximum absolute atomic E-state index is 6.29. The largest absolute Gasteiger partial charge is 0.354 e. The van der Waals surface area contributed by atoms with Gasteiger partial charge < -0.3 is 10.2 Å². The van der Waals surface area contributed by atoms with Gasteiger partial charge in [0.05, 0.1) is 10.7 Å². The number of aromatic nitrogens is 1. The minimum absolute atomic E-state index is 0.545. The Hall–Kier alpha value is -0.800. The second-order valence-corrected chi connectivity index (χ2v) is 7.08. The van der Waals surface area contributed by atoms with Gasteiger partial charge in [-0.2, -0.15) is 0 Å². The molecule has 0 aliphatic carbocycles. The molecule has 1 N–H and O–H groups in total. The van der Waals surface area contributed by atoms with Crippen molar-refractivity contribution in [3.05, 3.63) is 22.8 Å². The highest BCUT2D eigenvalue weighted by Crippen LogP contribution is 2.28. The molecule has 21 heavy (non-hydrogen) atoms. The van der Waals surface area contributed by atoms with Crippen LogP contribution in [-0.2, 0) is 6.54 Å². The molecule has 2 rings (SSSR count). The zero-order valence-electron chi connectivity index (χ0n) is 13.7. The van der Waals surface area contributed by atoms with Gasteiger partial charge in [0.2, 0.25) is 0 Å². The Morgan fingerprint density at radius 1 is 1.38 bits per heavy atom. The summed E-state index contributed by atoms with van der Waals surface area (Å²) in [7, 11) is 0. The first-order chi connectivity index (χ1) is 9.99. The van der Waals surface area contributed by atoms with Crippen LogP contribution in [0.15, 0.2) is 12.1 Å². The van der Waals surface area contributed by atoms with E-state index in [1.807, 2.05) is 6.07 Å². The van der Waals surface area contributed by atoms with E-state index in [0.29, 0.717) is 12.0 Å². The molecule has 1 saturated heterocycles. The molecule has 0 bridgehead atoms. The highest BCUT2D eigenvalue weighted by Gasteiger charge is 2.25. The van der Waals surface area contributed by atoms with Crippen molar-refractivity contribution in [2.45, 2.75) is 53.1 Å². The molecule has 3 nitrogen and oxygen atoms in total. The van der Waals surface area contributed by atoms with Gasteiger partial charge in [0.1, 0.15) is 5.82 Å². The Morgan fingerprint density at radius 3 is 2.86 bits per heavy atom. The fourth-order valence-electron chi connectivity index (χ4n) is 2.89. The lowest BCUT2D eigenvalue weighted by Gasteiger charge is -2.39. The first-order valence-electron chi connectivity index (χ1n) is 8.11. The summed E-state index contributed by atoms with van der Waals surface area (Å²) in [5.41, 5.74) is 0.959. The minimum atomic E-state index is 0.545. The van der Waals surface area contributed by atoms with E-state index in [9.17, 15) is 0 Å². The first-order valence-corrected chi connectivity index (χ1v) is 8.49. The number of rotatable bonds is 5. The Labute approximate surface area is 134 Å². The van der Waals surface area contributed by atoms with Crippen LogP contribution in [0.25, 0.3) is 0 Å². The molecule has 2 unspecified atom stereocenters. The number of pyridine rings is 1. The van der Waals surface area contributed by atoms with E-state index in [1.54, 1.807) is 0 Å². The molecule has 0 saturated carbocycles. The van der Waals surface area contributed by atoms with Crippen molar-refractivity contribution in [3.8, 4) is 0 Å². The van der Waals surface area contributed by atoms with Crippen LogP contribution in [0.1, 0.15) is 46.2 Å². The van der Waals surface area contributed by atoms with Gasteiger partial charge in [-0.25, -0.2) is 4.98 Å². The molecule has 1 aromatic rings. The molecular weight excluding hydrogens is 282 g/mol. The Bertz CT molecular complexity index is 461. The zero-order valence-corrected chi connectivity index (χ0v) is 14.5. The van der Waals surface area contributed by atoms with Gasteiger partial charge in [-0.05, 0) is 50.3 Å². The normalized spacial score (nSPS) is 22.9. The van der Waals surface area contributed by atoms with Crippen LogP contribution in [0.5, 0.6) is 0 Å². The summed E-state index contributed by atoms with van der Waals surface area (Å²) in [6.07, 6.45) is 2.56. The number of halogens is 1. The topological polar surface area (TPSA) is 28.2 Å². The van der Waals surface area contributed by atoms with Gasteiger partial charge in [0.25, 0.3) is 0 Å². The summed E-state index contributed by atoms with van der Waals surface area (Å²) in [5, 5.41) is 4.18. The van der Waals surface area contributed by atoms with E-state index in [-0.39, 0.29) is 0 Å². The summed E-state index contributed by atoms with van der Waals surface area (Å²) >= 11 is 6.29.